The molecule has 1 heterocycles. The number of hydrogen-bond donors (Lipinski definition) is 1. The first-order valence-electron chi connectivity index (χ1n) is 7.58. The Morgan fingerprint density at radius 3 is 2.58 bits per heavy atom. The number of amides is 2. The van der Waals surface area contributed by atoms with Crippen LogP contribution >= 0.6 is 15.9 Å². The molecule has 1 atom stereocenters. The lowest BCUT2D eigenvalue weighted by Gasteiger charge is -2.17. The van der Waals surface area contributed by atoms with Crippen LogP contribution in [0.15, 0.2) is 53.0 Å². The maximum atomic E-state index is 12.4. The van der Waals surface area contributed by atoms with Crippen molar-refractivity contribution in [2.45, 2.75) is 12.5 Å². The number of carbonyl (C=O) groups is 2. The number of anilines is 1. The molecule has 0 spiro atoms. The SMILES string of the molecule is COc1ccc(N2C[C@H](NC(=O)c3ccccc3Br)CC2=O)cc1. The molecule has 0 aliphatic carbocycles. The normalized spacial score (nSPS) is 17.0. The number of rotatable bonds is 4. The number of hydrogen-bond acceptors (Lipinski definition) is 3. The van der Waals surface area contributed by atoms with Gasteiger partial charge in [-0.25, -0.2) is 0 Å². The number of nitrogens with one attached hydrogen (secondary N) is 1. The van der Waals surface area contributed by atoms with Crippen molar-refractivity contribution in [1.29, 1.82) is 0 Å². The third-order valence-corrected chi connectivity index (χ3v) is 4.65. The van der Waals surface area contributed by atoms with Gasteiger partial charge in [0.15, 0.2) is 0 Å². The van der Waals surface area contributed by atoms with Crippen LogP contribution in [0.1, 0.15) is 16.8 Å². The minimum absolute atomic E-state index is 0.00223. The zero-order valence-electron chi connectivity index (χ0n) is 13.2. The van der Waals surface area contributed by atoms with Crippen molar-refractivity contribution in [1.82, 2.24) is 5.32 Å². The van der Waals surface area contributed by atoms with Crippen LogP contribution in [-0.4, -0.2) is 31.5 Å². The molecule has 0 unspecified atom stereocenters. The van der Waals surface area contributed by atoms with Gasteiger partial charge in [0.1, 0.15) is 5.75 Å². The molecule has 5 nitrogen and oxygen atoms in total. The second kappa shape index (κ2) is 7.05. The first kappa shape index (κ1) is 16.5. The van der Waals surface area contributed by atoms with E-state index in [1.165, 1.54) is 0 Å². The van der Waals surface area contributed by atoms with E-state index in [0.29, 0.717) is 18.5 Å². The monoisotopic (exact) mass is 388 g/mol. The average Bonchev–Trinajstić information content (AvgIpc) is 2.95. The fraction of sp³-hybridized carbons (Fsp3) is 0.222. The fourth-order valence-corrected chi connectivity index (χ4v) is 3.19. The molecule has 3 rings (SSSR count). The van der Waals surface area contributed by atoms with Crippen molar-refractivity contribution in [2.24, 2.45) is 0 Å². The minimum Gasteiger partial charge on any atom is -0.497 e. The number of ether oxygens (including phenoxy) is 1. The highest BCUT2D eigenvalue weighted by Crippen LogP contribution is 2.24. The molecule has 124 valence electrons. The van der Waals surface area contributed by atoms with Gasteiger partial charge in [-0.2, -0.15) is 0 Å². The van der Waals surface area contributed by atoms with E-state index in [1.54, 1.807) is 18.1 Å². The van der Waals surface area contributed by atoms with Crippen LogP contribution in [-0.2, 0) is 4.79 Å². The first-order valence-corrected chi connectivity index (χ1v) is 8.37. The average molecular weight is 389 g/mol. The molecular weight excluding hydrogens is 372 g/mol. The van der Waals surface area contributed by atoms with Crippen molar-refractivity contribution >= 4 is 33.4 Å². The van der Waals surface area contributed by atoms with Gasteiger partial charge < -0.3 is 15.0 Å². The predicted molar refractivity (Wildman–Crippen MR) is 95.4 cm³/mol. The van der Waals surface area contributed by atoms with Gasteiger partial charge in [0.2, 0.25) is 5.91 Å². The second-order valence-corrected chi connectivity index (χ2v) is 6.41. The number of methoxy groups -OCH3 is 1. The van der Waals surface area contributed by atoms with Crippen LogP contribution in [0.3, 0.4) is 0 Å². The molecular formula is C18H17BrN2O3. The molecule has 0 aromatic heterocycles. The molecule has 1 saturated heterocycles. The smallest absolute Gasteiger partial charge is 0.252 e. The van der Waals surface area contributed by atoms with E-state index in [-0.39, 0.29) is 17.9 Å². The van der Waals surface area contributed by atoms with Gasteiger partial charge in [-0.1, -0.05) is 12.1 Å². The van der Waals surface area contributed by atoms with Gasteiger partial charge in [0, 0.05) is 23.1 Å². The topological polar surface area (TPSA) is 58.6 Å². The Morgan fingerprint density at radius 1 is 1.21 bits per heavy atom. The quantitative estimate of drug-likeness (QED) is 0.875. The first-order chi connectivity index (χ1) is 11.6. The highest BCUT2D eigenvalue weighted by molar-refractivity contribution is 9.10. The molecule has 24 heavy (non-hydrogen) atoms. The Morgan fingerprint density at radius 2 is 1.92 bits per heavy atom. The van der Waals surface area contributed by atoms with Gasteiger partial charge in [-0.3, -0.25) is 9.59 Å². The molecule has 0 bridgehead atoms. The lowest BCUT2D eigenvalue weighted by molar-refractivity contribution is -0.117. The largest absolute Gasteiger partial charge is 0.497 e. The van der Waals surface area contributed by atoms with Crippen molar-refractivity contribution in [3.63, 3.8) is 0 Å². The number of nitrogens with zero attached hydrogens (tertiary/aromatic N) is 1. The number of benzene rings is 2. The molecule has 1 N–H and O–H groups in total. The van der Waals surface area contributed by atoms with E-state index < -0.39 is 0 Å². The van der Waals surface area contributed by atoms with Crippen LogP contribution < -0.4 is 15.0 Å². The zero-order valence-corrected chi connectivity index (χ0v) is 14.7. The summed E-state index contributed by atoms with van der Waals surface area (Å²) < 4.78 is 5.86. The summed E-state index contributed by atoms with van der Waals surface area (Å²) >= 11 is 3.37. The third-order valence-electron chi connectivity index (χ3n) is 3.96. The summed E-state index contributed by atoms with van der Waals surface area (Å²) in [7, 11) is 1.60. The van der Waals surface area contributed by atoms with Crippen LogP contribution in [0.2, 0.25) is 0 Å². The second-order valence-electron chi connectivity index (χ2n) is 5.56. The van der Waals surface area contributed by atoms with Gasteiger partial charge in [0.05, 0.1) is 18.7 Å². The molecule has 0 radical (unpaired) electrons. The Bertz CT molecular complexity index is 761. The molecule has 0 saturated carbocycles. The van der Waals surface area contributed by atoms with Crippen LogP contribution in [0, 0.1) is 0 Å². The molecule has 6 heteroatoms. The van der Waals surface area contributed by atoms with Crippen LogP contribution in [0.5, 0.6) is 5.75 Å². The van der Waals surface area contributed by atoms with E-state index >= 15 is 0 Å². The molecule has 2 aromatic carbocycles. The maximum Gasteiger partial charge on any atom is 0.252 e. The highest BCUT2D eigenvalue weighted by Gasteiger charge is 2.31. The summed E-state index contributed by atoms with van der Waals surface area (Å²) in [6.07, 6.45) is 0.294. The highest BCUT2D eigenvalue weighted by atomic mass is 79.9. The Labute approximate surface area is 148 Å². The standard InChI is InChI=1S/C18H17BrN2O3/c1-24-14-8-6-13(7-9-14)21-11-12(10-17(21)22)20-18(23)15-4-2-3-5-16(15)19/h2-9,12H,10-11H2,1H3,(H,20,23)/t12-/m1/s1. The van der Waals surface area contributed by atoms with Gasteiger partial charge in [-0.05, 0) is 52.3 Å². The predicted octanol–water partition coefficient (Wildman–Crippen LogP) is 2.99. The Balaban J connectivity index is 1.68. The van der Waals surface area contributed by atoms with Crippen molar-refractivity contribution in [2.75, 3.05) is 18.6 Å². The summed E-state index contributed by atoms with van der Waals surface area (Å²) in [4.78, 5) is 26.3. The van der Waals surface area contributed by atoms with E-state index in [0.717, 1.165) is 15.9 Å². The lowest BCUT2D eigenvalue weighted by Crippen LogP contribution is -2.37. The maximum absolute atomic E-state index is 12.4. The van der Waals surface area contributed by atoms with Crippen molar-refractivity contribution in [3.8, 4) is 5.75 Å². The molecule has 1 aliphatic rings. The summed E-state index contributed by atoms with van der Waals surface area (Å²) in [5.41, 5.74) is 1.37. The molecule has 2 aromatic rings. The zero-order chi connectivity index (χ0) is 17.1. The van der Waals surface area contributed by atoms with E-state index in [1.807, 2.05) is 42.5 Å². The summed E-state index contributed by atoms with van der Waals surface area (Å²) in [5, 5.41) is 2.93. The fourth-order valence-electron chi connectivity index (χ4n) is 2.72. The van der Waals surface area contributed by atoms with Gasteiger partial charge in [-0.15, -0.1) is 0 Å². The number of halogens is 1. The Hall–Kier alpha value is -2.34. The van der Waals surface area contributed by atoms with E-state index in [4.69, 9.17) is 4.74 Å². The van der Waals surface area contributed by atoms with Gasteiger partial charge >= 0.3 is 0 Å². The van der Waals surface area contributed by atoms with Crippen LogP contribution in [0.25, 0.3) is 0 Å². The lowest BCUT2D eigenvalue weighted by atomic mass is 10.2. The summed E-state index contributed by atoms with van der Waals surface area (Å²) in [6.45, 7) is 0.460. The van der Waals surface area contributed by atoms with E-state index in [2.05, 4.69) is 21.2 Å². The molecule has 1 aliphatic heterocycles. The van der Waals surface area contributed by atoms with Crippen molar-refractivity contribution in [3.05, 3.63) is 58.6 Å². The van der Waals surface area contributed by atoms with Crippen molar-refractivity contribution < 1.29 is 14.3 Å². The van der Waals surface area contributed by atoms with E-state index in [9.17, 15) is 9.59 Å². The third kappa shape index (κ3) is 3.43. The molecule has 1 fully saturated rings. The van der Waals surface area contributed by atoms with Gasteiger partial charge in [0.25, 0.3) is 5.91 Å². The summed E-state index contributed by atoms with van der Waals surface area (Å²) in [6, 6.07) is 14.3. The van der Waals surface area contributed by atoms with Crippen LogP contribution in [0.4, 0.5) is 5.69 Å². The molecule has 2 amide bonds. The summed E-state index contributed by atoms with van der Waals surface area (Å²) in [5.74, 6) is 0.554. The number of carbonyl (C=O) groups excluding carboxylic acids is 2. The minimum atomic E-state index is -0.209. The Kier molecular flexibility index (Phi) is 4.85.